The first-order valence-electron chi connectivity index (χ1n) is 12.7. The summed E-state index contributed by atoms with van der Waals surface area (Å²) in [5.74, 6) is -0.209. The molecule has 0 aliphatic carbocycles. The van der Waals surface area contributed by atoms with Crippen LogP contribution in [0.4, 0.5) is 11.4 Å². The Labute approximate surface area is 209 Å². The van der Waals surface area contributed by atoms with Gasteiger partial charge >= 0.3 is 0 Å². The standard InChI is InChI=1S/C20H25N.C10H14N2O2/c1-2-3-10-18-14-17(13-16-8-5-4-6-9-16)15-19-11-7-12-21-20(18)19;1-6-4-7(13)5-9(11)8(6)2-3-10(12)14/h4-6,8-9,14-15,21H,2-3,7,10-13H2,1H3;4-5,13H,2-3,11H2,1H3,(H2,12,14). The molecule has 0 atom stereocenters. The minimum Gasteiger partial charge on any atom is -0.508 e. The summed E-state index contributed by atoms with van der Waals surface area (Å²) >= 11 is 0. The van der Waals surface area contributed by atoms with E-state index in [1.54, 1.807) is 6.07 Å². The predicted molar refractivity (Wildman–Crippen MR) is 146 cm³/mol. The van der Waals surface area contributed by atoms with Gasteiger partial charge in [0.2, 0.25) is 5.91 Å². The van der Waals surface area contributed by atoms with Gasteiger partial charge in [0, 0.05) is 30.4 Å². The third-order valence-electron chi connectivity index (χ3n) is 6.45. The Kier molecular flexibility index (Phi) is 9.59. The smallest absolute Gasteiger partial charge is 0.217 e. The lowest BCUT2D eigenvalue weighted by atomic mass is 9.92. The number of amides is 1. The third-order valence-corrected chi connectivity index (χ3v) is 6.45. The number of carbonyl (C=O) groups excluding carboxylic acids is 1. The average Bonchev–Trinajstić information content (AvgIpc) is 2.83. The monoisotopic (exact) mass is 473 g/mol. The third kappa shape index (κ3) is 7.78. The van der Waals surface area contributed by atoms with E-state index in [2.05, 4.69) is 54.7 Å². The zero-order chi connectivity index (χ0) is 25.2. The average molecular weight is 474 g/mol. The number of unbranched alkanes of at least 4 members (excludes halogenated alkanes) is 1. The molecule has 3 aromatic carbocycles. The van der Waals surface area contributed by atoms with Crippen LogP contribution in [0.1, 0.15) is 66.0 Å². The van der Waals surface area contributed by atoms with Gasteiger partial charge in [0.15, 0.2) is 0 Å². The number of nitrogens with two attached hydrogens (primary N) is 2. The maximum atomic E-state index is 10.6. The highest BCUT2D eigenvalue weighted by molar-refractivity contribution is 5.74. The van der Waals surface area contributed by atoms with Crippen molar-refractivity contribution in [3.05, 3.63) is 88.0 Å². The molecule has 5 nitrogen and oxygen atoms in total. The summed E-state index contributed by atoms with van der Waals surface area (Å²) in [4.78, 5) is 10.6. The van der Waals surface area contributed by atoms with Crippen LogP contribution in [0.3, 0.4) is 0 Å². The van der Waals surface area contributed by atoms with E-state index < -0.39 is 0 Å². The van der Waals surface area contributed by atoms with Gasteiger partial charge in [0.25, 0.3) is 0 Å². The Morgan fingerprint density at radius 1 is 1.06 bits per heavy atom. The number of primary amides is 1. The molecule has 0 bridgehead atoms. The van der Waals surface area contributed by atoms with Gasteiger partial charge in [0.05, 0.1) is 0 Å². The molecular formula is C30H39N3O2. The second-order valence-electron chi connectivity index (χ2n) is 9.38. The molecular weight excluding hydrogens is 434 g/mol. The number of hydrogen-bond acceptors (Lipinski definition) is 4. The van der Waals surface area contributed by atoms with Crippen LogP contribution in [-0.2, 0) is 30.5 Å². The molecule has 1 heterocycles. The number of hydrogen-bond donors (Lipinski definition) is 4. The maximum Gasteiger partial charge on any atom is 0.217 e. The van der Waals surface area contributed by atoms with Crippen molar-refractivity contribution in [2.45, 2.75) is 65.2 Å². The zero-order valence-corrected chi connectivity index (χ0v) is 21.1. The highest BCUT2D eigenvalue weighted by Gasteiger charge is 2.14. The number of phenolic OH excluding ortho intramolecular Hbond substituents is 1. The van der Waals surface area contributed by atoms with Gasteiger partial charge in [-0.15, -0.1) is 0 Å². The van der Waals surface area contributed by atoms with E-state index in [0.29, 0.717) is 12.1 Å². The number of carbonyl (C=O) groups is 1. The summed E-state index contributed by atoms with van der Waals surface area (Å²) in [5.41, 5.74) is 20.4. The van der Waals surface area contributed by atoms with Crippen molar-refractivity contribution >= 4 is 17.3 Å². The molecule has 186 valence electrons. The fraction of sp³-hybridized carbons (Fsp3) is 0.367. The van der Waals surface area contributed by atoms with E-state index in [9.17, 15) is 9.90 Å². The predicted octanol–water partition coefficient (Wildman–Crippen LogP) is 5.68. The maximum absolute atomic E-state index is 10.6. The number of aromatic hydroxyl groups is 1. The summed E-state index contributed by atoms with van der Waals surface area (Å²) in [6, 6.07) is 18.8. The molecule has 0 unspecified atom stereocenters. The quantitative estimate of drug-likeness (QED) is 0.316. The van der Waals surface area contributed by atoms with Crippen LogP contribution in [0, 0.1) is 6.92 Å². The van der Waals surface area contributed by atoms with Crippen molar-refractivity contribution in [1.29, 1.82) is 0 Å². The van der Waals surface area contributed by atoms with Crippen LogP contribution in [0.15, 0.2) is 54.6 Å². The van der Waals surface area contributed by atoms with Gasteiger partial charge in [-0.25, -0.2) is 0 Å². The first-order chi connectivity index (χ1) is 16.9. The number of nitrogens with one attached hydrogen (secondary N) is 1. The normalized spacial score (nSPS) is 12.2. The van der Waals surface area contributed by atoms with E-state index in [-0.39, 0.29) is 18.1 Å². The number of rotatable bonds is 8. The Morgan fingerprint density at radius 3 is 2.51 bits per heavy atom. The molecule has 3 aromatic rings. The van der Waals surface area contributed by atoms with Gasteiger partial charge in [-0.3, -0.25) is 4.79 Å². The molecule has 0 aromatic heterocycles. The summed E-state index contributed by atoms with van der Waals surface area (Å²) < 4.78 is 0. The van der Waals surface area contributed by atoms with Crippen LogP contribution in [-0.4, -0.2) is 17.6 Å². The number of benzene rings is 3. The van der Waals surface area contributed by atoms with Crippen LogP contribution >= 0.6 is 0 Å². The molecule has 0 radical (unpaired) electrons. The lowest BCUT2D eigenvalue weighted by molar-refractivity contribution is -0.117. The van der Waals surface area contributed by atoms with Crippen molar-refractivity contribution < 1.29 is 9.90 Å². The largest absolute Gasteiger partial charge is 0.508 e. The van der Waals surface area contributed by atoms with Crippen LogP contribution in [0.2, 0.25) is 0 Å². The number of anilines is 2. The van der Waals surface area contributed by atoms with Crippen molar-refractivity contribution in [2.24, 2.45) is 5.73 Å². The van der Waals surface area contributed by atoms with Crippen molar-refractivity contribution in [2.75, 3.05) is 17.6 Å². The van der Waals surface area contributed by atoms with Crippen molar-refractivity contribution in [3.63, 3.8) is 0 Å². The van der Waals surface area contributed by atoms with Crippen LogP contribution in [0.25, 0.3) is 0 Å². The number of fused-ring (bicyclic) bond motifs is 1. The molecule has 0 saturated heterocycles. The fourth-order valence-corrected chi connectivity index (χ4v) is 4.67. The number of aryl methyl sites for hydroxylation is 3. The first kappa shape index (κ1) is 26.1. The Balaban J connectivity index is 0.000000214. The van der Waals surface area contributed by atoms with Crippen LogP contribution in [0.5, 0.6) is 5.75 Å². The molecule has 6 N–H and O–H groups in total. The Bertz CT molecular complexity index is 1100. The van der Waals surface area contributed by atoms with Gasteiger partial charge in [0.1, 0.15) is 5.75 Å². The van der Waals surface area contributed by atoms with E-state index in [1.807, 2.05) is 6.92 Å². The van der Waals surface area contributed by atoms with E-state index in [4.69, 9.17) is 11.5 Å². The highest BCUT2D eigenvalue weighted by atomic mass is 16.3. The van der Waals surface area contributed by atoms with E-state index in [1.165, 1.54) is 66.1 Å². The molecule has 0 saturated carbocycles. The SMILES string of the molecule is CCCCc1cc(Cc2ccccc2)cc2c1NCCC2.Cc1cc(O)cc(N)c1CCC(N)=O. The molecule has 5 heteroatoms. The summed E-state index contributed by atoms with van der Waals surface area (Å²) in [5, 5.41) is 12.9. The van der Waals surface area contributed by atoms with Gasteiger partial charge in [-0.05, 0) is 84.9 Å². The summed E-state index contributed by atoms with van der Waals surface area (Å²) in [6.07, 6.45) is 8.07. The second kappa shape index (κ2) is 12.8. The minimum absolute atomic E-state index is 0.142. The lowest BCUT2D eigenvalue weighted by Gasteiger charge is -2.23. The zero-order valence-electron chi connectivity index (χ0n) is 21.1. The number of phenols is 1. The Hall–Kier alpha value is -3.47. The van der Waals surface area contributed by atoms with Gasteiger partial charge in [-0.2, -0.15) is 0 Å². The molecule has 1 amide bonds. The topological polar surface area (TPSA) is 101 Å². The molecule has 1 aliphatic heterocycles. The first-order valence-corrected chi connectivity index (χ1v) is 12.7. The van der Waals surface area contributed by atoms with E-state index >= 15 is 0 Å². The molecule has 35 heavy (non-hydrogen) atoms. The molecule has 4 rings (SSSR count). The minimum atomic E-state index is -0.350. The Morgan fingerprint density at radius 2 is 1.83 bits per heavy atom. The van der Waals surface area contributed by atoms with Gasteiger partial charge < -0.3 is 21.9 Å². The molecule has 0 fully saturated rings. The van der Waals surface area contributed by atoms with Crippen molar-refractivity contribution in [3.8, 4) is 5.75 Å². The summed E-state index contributed by atoms with van der Waals surface area (Å²) in [6.45, 7) is 5.24. The fourth-order valence-electron chi connectivity index (χ4n) is 4.67. The highest BCUT2D eigenvalue weighted by Crippen LogP contribution is 2.30. The van der Waals surface area contributed by atoms with E-state index in [0.717, 1.165) is 24.1 Å². The van der Waals surface area contributed by atoms with Crippen molar-refractivity contribution in [1.82, 2.24) is 0 Å². The molecule has 0 spiro atoms. The second-order valence-corrected chi connectivity index (χ2v) is 9.38. The number of nitrogen functional groups attached to an aromatic ring is 1. The summed E-state index contributed by atoms with van der Waals surface area (Å²) in [7, 11) is 0. The molecule has 1 aliphatic rings. The van der Waals surface area contributed by atoms with Crippen LogP contribution < -0.4 is 16.8 Å². The lowest BCUT2D eigenvalue weighted by Crippen LogP contribution is -2.14. The van der Waals surface area contributed by atoms with Gasteiger partial charge in [-0.1, -0.05) is 55.8 Å².